The fraction of sp³-hybridized carbons (Fsp3) is 0.421. The number of nitrogens with one attached hydrogen (secondary N) is 1. The molecule has 0 saturated heterocycles. The molecule has 1 atom stereocenters. The number of hydrogen-bond donors (Lipinski definition) is 1. The molecule has 22 heavy (non-hydrogen) atoms. The average Bonchev–Trinajstić information content (AvgIpc) is 3.09. The molecule has 3 heteroatoms. The summed E-state index contributed by atoms with van der Waals surface area (Å²) in [5.41, 5.74) is 4.57. The second-order valence-electron chi connectivity index (χ2n) is 6.80. The van der Waals surface area contributed by atoms with Gasteiger partial charge in [-0.1, -0.05) is 44.2 Å². The zero-order chi connectivity index (χ0) is 15.7. The molecule has 3 rings (SSSR count). The van der Waals surface area contributed by atoms with Gasteiger partial charge in [-0.15, -0.1) is 0 Å². The Labute approximate surface area is 131 Å². The smallest absolute Gasteiger partial charge is 0.354 e. The van der Waals surface area contributed by atoms with Gasteiger partial charge in [0.25, 0.3) is 0 Å². The lowest BCUT2D eigenvalue weighted by Crippen LogP contribution is -2.20. The standard InChI is InChI=1S/C19H23NO2/c1-19(2,14-7-5-4-6-8-14)12-13-9-10-16-15(13)11-17(20-16)18(21)22-3/h4-8,11,13,20H,9-10,12H2,1-3H3. The van der Waals surface area contributed by atoms with Gasteiger partial charge in [0.1, 0.15) is 5.69 Å². The molecule has 0 saturated carbocycles. The van der Waals surface area contributed by atoms with Gasteiger partial charge in [-0.25, -0.2) is 4.79 Å². The largest absolute Gasteiger partial charge is 0.464 e. The van der Waals surface area contributed by atoms with Gasteiger partial charge < -0.3 is 9.72 Å². The molecule has 1 aromatic heterocycles. The summed E-state index contributed by atoms with van der Waals surface area (Å²) in [6.45, 7) is 4.60. The van der Waals surface area contributed by atoms with Crippen molar-refractivity contribution in [2.75, 3.05) is 7.11 Å². The van der Waals surface area contributed by atoms with Crippen LogP contribution in [0.1, 0.15) is 59.9 Å². The molecule has 0 bridgehead atoms. The first-order valence-electron chi connectivity index (χ1n) is 7.87. The third-order valence-electron chi connectivity index (χ3n) is 4.83. The predicted octanol–water partition coefficient (Wildman–Crippen LogP) is 4.20. The Hall–Kier alpha value is -2.03. The van der Waals surface area contributed by atoms with Crippen LogP contribution >= 0.6 is 0 Å². The fourth-order valence-electron chi connectivity index (χ4n) is 3.61. The lowest BCUT2D eigenvalue weighted by atomic mass is 9.76. The normalized spacial score (nSPS) is 17.3. The average molecular weight is 297 g/mol. The van der Waals surface area contributed by atoms with Gasteiger partial charge in [0, 0.05) is 5.69 Å². The van der Waals surface area contributed by atoms with Crippen LogP contribution in [0.2, 0.25) is 0 Å². The van der Waals surface area contributed by atoms with E-state index in [2.05, 4.69) is 49.2 Å². The highest BCUT2D eigenvalue weighted by molar-refractivity contribution is 5.88. The minimum Gasteiger partial charge on any atom is -0.464 e. The van der Waals surface area contributed by atoms with Crippen molar-refractivity contribution in [1.82, 2.24) is 4.98 Å². The molecular weight excluding hydrogens is 274 g/mol. The number of carbonyl (C=O) groups excluding carboxylic acids is 1. The molecule has 0 spiro atoms. The molecule has 1 aromatic carbocycles. The quantitative estimate of drug-likeness (QED) is 0.859. The minimum atomic E-state index is -0.282. The van der Waals surface area contributed by atoms with Crippen LogP contribution < -0.4 is 0 Å². The monoisotopic (exact) mass is 297 g/mol. The molecule has 116 valence electrons. The summed E-state index contributed by atoms with van der Waals surface area (Å²) in [4.78, 5) is 14.9. The second kappa shape index (κ2) is 5.64. The van der Waals surface area contributed by atoms with Crippen LogP contribution in [0.25, 0.3) is 0 Å². The Morgan fingerprint density at radius 2 is 2.05 bits per heavy atom. The number of esters is 1. The van der Waals surface area contributed by atoms with Crippen molar-refractivity contribution in [3.05, 3.63) is 58.9 Å². The molecule has 1 N–H and O–H groups in total. The molecule has 0 aliphatic heterocycles. The highest BCUT2D eigenvalue weighted by Crippen LogP contribution is 2.42. The summed E-state index contributed by atoms with van der Waals surface area (Å²) in [6, 6.07) is 12.6. The summed E-state index contributed by atoms with van der Waals surface area (Å²) >= 11 is 0. The van der Waals surface area contributed by atoms with Gasteiger partial charge >= 0.3 is 5.97 Å². The number of ether oxygens (including phenoxy) is 1. The minimum absolute atomic E-state index is 0.121. The van der Waals surface area contributed by atoms with Gasteiger partial charge in [-0.3, -0.25) is 0 Å². The SMILES string of the molecule is COC(=O)c1cc2c([nH]1)CCC2CC(C)(C)c1ccccc1. The second-order valence-corrected chi connectivity index (χ2v) is 6.80. The summed E-state index contributed by atoms with van der Waals surface area (Å²) in [5, 5.41) is 0. The number of aryl methyl sites for hydroxylation is 1. The van der Waals surface area contributed by atoms with Crippen LogP contribution in [0.3, 0.4) is 0 Å². The number of methoxy groups -OCH3 is 1. The molecule has 1 heterocycles. The first-order valence-corrected chi connectivity index (χ1v) is 7.87. The van der Waals surface area contributed by atoms with Gasteiger partial charge in [0.15, 0.2) is 0 Å². The Balaban J connectivity index is 1.81. The number of fused-ring (bicyclic) bond motifs is 1. The van der Waals surface area contributed by atoms with Crippen LogP contribution in [0, 0.1) is 0 Å². The number of aromatic nitrogens is 1. The van der Waals surface area contributed by atoms with E-state index in [1.807, 2.05) is 6.07 Å². The molecular formula is C19H23NO2. The van der Waals surface area contributed by atoms with E-state index in [-0.39, 0.29) is 11.4 Å². The maximum atomic E-state index is 11.7. The number of aromatic amines is 1. The van der Waals surface area contributed by atoms with Crippen molar-refractivity contribution in [1.29, 1.82) is 0 Å². The number of benzene rings is 1. The van der Waals surface area contributed by atoms with Gasteiger partial charge in [-0.2, -0.15) is 0 Å². The fourth-order valence-corrected chi connectivity index (χ4v) is 3.61. The van der Waals surface area contributed by atoms with Crippen LogP contribution in [-0.2, 0) is 16.6 Å². The van der Waals surface area contributed by atoms with Crippen LogP contribution in [-0.4, -0.2) is 18.1 Å². The van der Waals surface area contributed by atoms with E-state index >= 15 is 0 Å². The summed E-state index contributed by atoms with van der Waals surface area (Å²) in [7, 11) is 1.42. The van der Waals surface area contributed by atoms with E-state index in [1.165, 1.54) is 23.9 Å². The lowest BCUT2D eigenvalue weighted by Gasteiger charge is -2.28. The van der Waals surface area contributed by atoms with Crippen molar-refractivity contribution >= 4 is 5.97 Å². The number of hydrogen-bond acceptors (Lipinski definition) is 2. The zero-order valence-electron chi connectivity index (χ0n) is 13.5. The molecule has 1 unspecified atom stereocenters. The van der Waals surface area contributed by atoms with Crippen molar-refractivity contribution in [2.24, 2.45) is 0 Å². The third-order valence-corrected chi connectivity index (χ3v) is 4.83. The van der Waals surface area contributed by atoms with Crippen molar-refractivity contribution < 1.29 is 9.53 Å². The van der Waals surface area contributed by atoms with E-state index in [1.54, 1.807) is 0 Å². The van der Waals surface area contributed by atoms with Crippen LogP contribution in [0.4, 0.5) is 0 Å². The summed E-state index contributed by atoms with van der Waals surface area (Å²) in [6.07, 6.45) is 3.25. The molecule has 2 aromatic rings. The summed E-state index contributed by atoms with van der Waals surface area (Å²) in [5.74, 6) is 0.218. The zero-order valence-corrected chi connectivity index (χ0v) is 13.5. The Kier molecular flexibility index (Phi) is 3.81. The van der Waals surface area contributed by atoms with E-state index in [9.17, 15) is 4.79 Å². The Morgan fingerprint density at radius 1 is 1.32 bits per heavy atom. The van der Waals surface area contributed by atoms with E-state index in [0.29, 0.717) is 11.6 Å². The molecule has 1 aliphatic rings. The van der Waals surface area contributed by atoms with Crippen molar-refractivity contribution in [3.63, 3.8) is 0 Å². The van der Waals surface area contributed by atoms with Crippen molar-refractivity contribution in [3.8, 4) is 0 Å². The first kappa shape index (κ1) is 14.9. The molecule has 0 fully saturated rings. The lowest BCUT2D eigenvalue weighted by molar-refractivity contribution is 0.0594. The number of H-pyrrole nitrogens is 1. The topological polar surface area (TPSA) is 42.1 Å². The van der Waals surface area contributed by atoms with Gasteiger partial charge in [-0.05, 0) is 47.8 Å². The third kappa shape index (κ3) is 2.68. The molecule has 1 aliphatic carbocycles. The van der Waals surface area contributed by atoms with Gasteiger partial charge in [0.2, 0.25) is 0 Å². The van der Waals surface area contributed by atoms with Crippen molar-refractivity contribution in [2.45, 2.75) is 44.4 Å². The Morgan fingerprint density at radius 3 is 2.73 bits per heavy atom. The van der Waals surface area contributed by atoms with Crippen LogP contribution in [0.15, 0.2) is 36.4 Å². The summed E-state index contributed by atoms with van der Waals surface area (Å²) < 4.78 is 4.81. The van der Waals surface area contributed by atoms with Gasteiger partial charge in [0.05, 0.1) is 7.11 Å². The van der Waals surface area contributed by atoms with E-state index in [4.69, 9.17) is 4.74 Å². The molecule has 0 amide bonds. The highest BCUT2D eigenvalue weighted by atomic mass is 16.5. The number of rotatable bonds is 4. The Bertz CT molecular complexity index is 670. The van der Waals surface area contributed by atoms with E-state index < -0.39 is 0 Å². The molecule has 3 nitrogen and oxygen atoms in total. The molecule has 0 radical (unpaired) electrons. The first-order chi connectivity index (χ1) is 10.5. The predicted molar refractivity (Wildman–Crippen MR) is 87.3 cm³/mol. The van der Waals surface area contributed by atoms with E-state index in [0.717, 1.165) is 19.3 Å². The van der Waals surface area contributed by atoms with Crippen LogP contribution in [0.5, 0.6) is 0 Å². The highest BCUT2D eigenvalue weighted by Gasteiger charge is 2.32. The number of carbonyl (C=O) groups is 1. The maximum absolute atomic E-state index is 11.7. The maximum Gasteiger partial charge on any atom is 0.354 e.